The molecule has 1 amide bonds. The van der Waals surface area contributed by atoms with E-state index in [1.807, 2.05) is 19.9 Å². The Morgan fingerprint density at radius 3 is 2.80 bits per heavy atom. The summed E-state index contributed by atoms with van der Waals surface area (Å²) < 4.78 is 0. The lowest BCUT2D eigenvalue weighted by molar-refractivity contribution is -0.134. The maximum atomic E-state index is 12.0. The summed E-state index contributed by atoms with van der Waals surface area (Å²) in [4.78, 5) is 32.7. The number of aromatic amines is 1. The summed E-state index contributed by atoms with van der Waals surface area (Å²) in [6.45, 7) is 4.19. The largest absolute Gasteiger partial charge is 0.338 e. The van der Waals surface area contributed by atoms with Crippen LogP contribution in [0.1, 0.15) is 26.1 Å². The molecule has 1 heterocycles. The Kier molecular flexibility index (Phi) is 4.17. The number of para-hydroxylation sites is 1. The zero-order valence-electron chi connectivity index (χ0n) is 12.0. The lowest BCUT2D eigenvalue weighted by Gasteiger charge is -2.20. The molecule has 0 saturated carbocycles. The van der Waals surface area contributed by atoms with E-state index in [2.05, 4.69) is 9.97 Å². The van der Waals surface area contributed by atoms with E-state index in [0.29, 0.717) is 23.3 Å². The van der Waals surface area contributed by atoms with Crippen LogP contribution in [0, 0.1) is 5.92 Å². The van der Waals surface area contributed by atoms with Crippen molar-refractivity contribution in [1.29, 1.82) is 0 Å². The van der Waals surface area contributed by atoms with Gasteiger partial charge in [0.25, 0.3) is 5.56 Å². The van der Waals surface area contributed by atoms with E-state index >= 15 is 0 Å². The molecule has 2 rings (SSSR count). The number of carbonyl (C=O) groups is 1. The SMILES string of the molecule is CC[C@@H](C)C(=O)N(C)Cc1nc2ccccc2c(=O)[nH]1. The summed E-state index contributed by atoms with van der Waals surface area (Å²) in [6.07, 6.45) is 0.796. The maximum absolute atomic E-state index is 12.0. The zero-order valence-corrected chi connectivity index (χ0v) is 12.0. The highest BCUT2D eigenvalue weighted by molar-refractivity contribution is 5.78. The second-order valence-electron chi connectivity index (χ2n) is 5.03. The Balaban J connectivity index is 2.26. The number of hydrogen-bond acceptors (Lipinski definition) is 3. The third kappa shape index (κ3) is 2.87. The molecule has 5 nitrogen and oxygen atoms in total. The Bertz CT molecular complexity index is 678. The van der Waals surface area contributed by atoms with Crippen LogP contribution in [0.4, 0.5) is 0 Å². The van der Waals surface area contributed by atoms with Gasteiger partial charge in [0, 0.05) is 13.0 Å². The van der Waals surface area contributed by atoms with E-state index in [-0.39, 0.29) is 17.4 Å². The molecular weight excluding hydrogens is 254 g/mol. The molecule has 1 aromatic heterocycles. The monoisotopic (exact) mass is 273 g/mol. The van der Waals surface area contributed by atoms with E-state index in [1.54, 1.807) is 30.1 Å². The predicted octanol–water partition coefficient (Wildman–Crippen LogP) is 1.93. The van der Waals surface area contributed by atoms with Crippen molar-refractivity contribution in [3.05, 3.63) is 40.4 Å². The summed E-state index contributed by atoms with van der Waals surface area (Å²) in [5.74, 6) is 0.545. The fourth-order valence-corrected chi connectivity index (χ4v) is 2.06. The van der Waals surface area contributed by atoms with Crippen LogP contribution in [0.5, 0.6) is 0 Å². The van der Waals surface area contributed by atoms with E-state index in [1.165, 1.54) is 0 Å². The molecule has 0 aliphatic carbocycles. The Hall–Kier alpha value is -2.17. The molecule has 0 saturated heterocycles. The number of fused-ring (bicyclic) bond motifs is 1. The number of nitrogens with one attached hydrogen (secondary N) is 1. The van der Waals surface area contributed by atoms with E-state index in [4.69, 9.17) is 0 Å². The molecule has 20 heavy (non-hydrogen) atoms. The highest BCUT2D eigenvalue weighted by Gasteiger charge is 2.16. The lowest BCUT2D eigenvalue weighted by atomic mass is 10.1. The highest BCUT2D eigenvalue weighted by Crippen LogP contribution is 2.09. The lowest BCUT2D eigenvalue weighted by Crippen LogP contribution is -2.32. The molecule has 0 aliphatic heterocycles. The van der Waals surface area contributed by atoms with E-state index in [0.717, 1.165) is 6.42 Å². The Morgan fingerprint density at radius 2 is 2.10 bits per heavy atom. The molecular formula is C15H19N3O2. The molecule has 0 bridgehead atoms. The van der Waals surface area contributed by atoms with Crippen molar-refractivity contribution in [2.45, 2.75) is 26.8 Å². The van der Waals surface area contributed by atoms with Gasteiger partial charge in [-0.05, 0) is 18.6 Å². The van der Waals surface area contributed by atoms with Crippen LogP contribution in [0.25, 0.3) is 10.9 Å². The van der Waals surface area contributed by atoms with Crippen molar-refractivity contribution in [3.8, 4) is 0 Å². The first kappa shape index (κ1) is 14.2. The van der Waals surface area contributed by atoms with Gasteiger partial charge in [0.1, 0.15) is 5.82 Å². The van der Waals surface area contributed by atoms with Gasteiger partial charge in [0.2, 0.25) is 5.91 Å². The first-order valence-electron chi connectivity index (χ1n) is 6.75. The van der Waals surface area contributed by atoms with E-state index < -0.39 is 0 Å². The number of rotatable bonds is 4. The molecule has 1 atom stereocenters. The molecule has 1 aromatic carbocycles. The van der Waals surface area contributed by atoms with Gasteiger partial charge in [0.05, 0.1) is 17.4 Å². The summed E-state index contributed by atoms with van der Waals surface area (Å²) >= 11 is 0. The number of hydrogen-bond donors (Lipinski definition) is 1. The number of carbonyl (C=O) groups excluding carboxylic acids is 1. The minimum absolute atomic E-state index is 0.0211. The summed E-state index contributed by atoms with van der Waals surface area (Å²) in [5.41, 5.74) is 0.477. The molecule has 0 aliphatic rings. The number of nitrogens with zero attached hydrogens (tertiary/aromatic N) is 2. The predicted molar refractivity (Wildman–Crippen MR) is 78.3 cm³/mol. The van der Waals surface area contributed by atoms with Crippen molar-refractivity contribution in [2.75, 3.05) is 7.05 Å². The fourth-order valence-electron chi connectivity index (χ4n) is 2.06. The van der Waals surface area contributed by atoms with Crippen molar-refractivity contribution < 1.29 is 4.79 Å². The topological polar surface area (TPSA) is 66.1 Å². The second kappa shape index (κ2) is 5.86. The fraction of sp³-hybridized carbons (Fsp3) is 0.400. The van der Waals surface area contributed by atoms with Gasteiger partial charge >= 0.3 is 0 Å². The number of aromatic nitrogens is 2. The second-order valence-corrected chi connectivity index (χ2v) is 5.03. The van der Waals surface area contributed by atoms with Gasteiger partial charge in [-0.1, -0.05) is 26.0 Å². The smallest absolute Gasteiger partial charge is 0.258 e. The highest BCUT2D eigenvalue weighted by atomic mass is 16.2. The third-order valence-electron chi connectivity index (χ3n) is 3.46. The average Bonchev–Trinajstić information content (AvgIpc) is 2.45. The molecule has 106 valence electrons. The number of H-pyrrole nitrogens is 1. The molecule has 0 unspecified atom stereocenters. The number of amides is 1. The van der Waals surface area contributed by atoms with Gasteiger partial charge < -0.3 is 9.88 Å². The molecule has 0 spiro atoms. The van der Waals surface area contributed by atoms with Crippen LogP contribution in [0.2, 0.25) is 0 Å². The molecule has 2 aromatic rings. The van der Waals surface area contributed by atoms with Crippen LogP contribution in [-0.2, 0) is 11.3 Å². The van der Waals surface area contributed by atoms with Crippen LogP contribution in [0.3, 0.4) is 0 Å². The van der Waals surface area contributed by atoms with Crippen LogP contribution in [-0.4, -0.2) is 27.8 Å². The first-order valence-corrected chi connectivity index (χ1v) is 6.75. The summed E-state index contributed by atoms with van der Waals surface area (Å²) in [7, 11) is 1.73. The minimum Gasteiger partial charge on any atom is -0.338 e. The van der Waals surface area contributed by atoms with Gasteiger partial charge in [-0.2, -0.15) is 0 Å². The van der Waals surface area contributed by atoms with Gasteiger partial charge in [-0.15, -0.1) is 0 Å². The van der Waals surface area contributed by atoms with Gasteiger partial charge in [-0.3, -0.25) is 9.59 Å². The molecule has 0 fully saturated rings. The summed E-state index contributed by atoms with van der Waals surface area (Å²) in [6, 6.07) is 7.17. The van der Waals surface area contributed by atoms with Crippen LogP contribution in [0.15, 0.2) is 29.1 Å². The quantitative estimate of drug-likeness (QED) is 0.925. The normalized spacial score (nSPS) is 12.3. The third-order valence-corrected chi connectivity index (χ3v) is 3.46. The Morgan fingerprint density at radius 1 is 1.40 bits per heavy atom. The Labute approximate surface area is 117 Å². The maximum Gasteiger partial charge on any atom is 0.258 e. The van der Waals surface area contributed by atoms with Crippen LogP contribution >= 0.6 is 0 Å². The molecule has 1 N–H and O–H groups in total. The van der Waals surface area contributed by atoms with Crippen molar-refractivity contribution in [1.82, 2.24) is 14.9 Å². The van der Waals surface area contributed by atoms with Crippen molar-refractivity contribution in [2.24, 2.45) is 5.92 Å². The van der Waals surface area contributed by atoms with E-state index in [9.17, 15) is 9.59 Å². The van der Waals surface area contributed by atoms with Crippen LogP contribution < -0.4 is 5.56 Å². The van der Waals surface area contributed by atoms with Crippen molar-refractivity contribution >= 4 is 16.8 Å². The minimum atomic E-state index is -0.171. The average molecular weight is 273 g/mol. The summed E-state index contributed by atoms with van der Waals surface area (Å²) in [5, 5.41) is 0.562. The molecule has 0 radical (unpaired) electrons. The van der Waals surface area contributed by atoms with Gasteiger partial charge in [0.15, 0.2) is 0 Å². The number of benzene rings is 1. The van der Waals surface area contributed by atoms with Gasteiger partial charge in [-0.25, -0.2) is 4.98 Å². The zero-order chi connectivity index (χ0) is 14.7. The standard InChI is InChI=1S/C15H19N3O2/c1-4-10(2)15(20)18(3)9-13-16-12-8-6-5-7-11(12)14(19)17-13/h5-8,10H,4,9H2,1-3H3,(H,16,17,19)/t10-/m1/s1. The first-order chi connectivity index (χ1) is 9.52. The molecule has 5 heteroatoms. The van der Waals surface area contributed by atoms with Crippen molar-refractivity contribution in [3.63, 3.8) is 0 Å².